The van der Waals surface area contributed by atoms with Crippen LogP contribution in [-0.2, 0) is 0 Å². The van der Waals surface area contributed by atoms with Gasteiger partial charge in [-0.1, -0.05) is 36.0 Å². The average molecular weight is 222 g/mol. The molecule has 2 rings (SSSR count). The number of hydrogen-bond acceptors (Lipinski definition) is 1. The van der Waals surface area contributed by atoms with Crippen LogP contribution in [0.5, 0.6) is 0 Å². The van der Waals surface area contributed by atoms with E-state index in [1.54, 1.807) is 0 Å². The highest BCUT2D eigenvalue weighted by Gasteiger charge is 1.97. The molecule has 0 saturated heterocycles. The van der Waals surface area contributed by atoms with E-state index in [1.807, 2.05) is 42.6 Å². The molecular weight excluding hydrogens is 214 g/mol. The van der Waals surface area contributed by atoms with Crippen molar-refractivity contribution in [3.8, 4) is 11.3 Å². The van der Waals surface area contributed by atoms with E-state index < -0.39 is 0 Å². The van der Waals surface area contributed by atoms with Crippen LogP contribution in [0, 0.1) is 4.51 Å². The summed E-state index contributed by atoms with van der Waals surface area (Å²) in [4.78, 5) is 3.13. The van der Waals surface area contributed by atoms with E-state index >= 15 is 0 Å². The first-order chi connectivity index (χ1) is 6.75. The Hall–Kier alpha value is -1.12. The molecular formula is C11H8ClNS. The van der Waals surface area contributed by atoms with Gasteiger partial charge in [0, 0.05) is 21.4 Å². The van der Waals surface area contributed by atoms with Crippen molar-refractivity contribution in [3.05, 3.63) is 52.1 Å². The Morgan fingerprint density at radius 1 is 1.14 bits per heavy atom. The van der Waals surface area contributed by atoms with Gasteiger partial charge in [-0.05, 0) is 29.8 Å². The maximum absolute atomic E-state index is 5.89. The predicted octanol–water partition coefficient (Wildman–Crippen LogP) is 4.06. The molecule has 0 aliphatic carbocycles. The minimum absolute atomic E-state index is 0.727. The van der Waals surface area contributed by atoms with Crippen LogP contribution in [0.25, 0.3) is 11.3 Å². The molecule has 0 amide bonds. The van der Waals surface area contributed by atoms with Crippen molar-refractivity contribution in [1.82, 2.24) is 4.98 Å². The summed E-state index contributed by atoms with van der Waals surface area (Å²) in [5.74, 6) is 0. The van der Waals surface area contributed by atoms with Crippen LogP contribution in [0.3, 0.4) is 0 Å². The summed E-state index contributed by atoms with van der Waals surface area (Å²) in [6.07, 6.45) is 1.83. The molecule has 1 N–H and O–H groups in total. The average Bonchev–Trinajstić information content (AvgIpc) is 2.18. The lowest BCUT2D eigenvalue weighted by Crippen LogP contribution is -1.81. The van der Waals surface area contributed by atoms with Gasteiger partial charge in [0.05, 0.1) is 0 Å². The molecule has 0 fully saturated rings. The molecule has 1 heterocycles. The van der Waals surface area contributed by atoms with Gasteiger partial charge < -0.3 is 4.98 Å². The fourth-order valence-corrected chi connectivity index (χ4v) is 1.64. The summed E-state index contributed by atoms with van der Waals surface area (Å²) < 4.78 is 0.818. The number of hydrogen-bond donors (Lipinski definition) is 1. The highest BCUT2D eigenvalue weighted by atomic mass is 35.5. The molecule has 0 saturated carbocycles. The van der Waals surface area contributed by atoms with Crippen molar-refractivity contribution >= 4 is 23.8 Å². The van der Waals surface area contributed by atoms with Crippen molar-refractivity contribution in [3.63, 3.8) is 0 Å². The van der Waals surface area contributed by atoms with Crippen LogP contribution in [-0.4, -0.2) is 4.98 Å². The number of pyridine rings is 1. The summed E-state index contributed by atoms with van der Waals surface area (Å²) in [5, 5.41) is 0.727. The Bertz CT molecular complexity index is 504. The quantitative estimate of drug-likeness (QED) is 0.718. The van der Waals surface area contributed by atoms with Crippen molar-refractivity contribution < 1.29 is 0 Å². The summed E-state index contributed by atoms with van der Waals surface area (Å²) in [5.41, 5.74) is 2.03. The van der Waals surface area contributed by atoms with Crippen molar-refractivity contribution in [1.29, 1.82) is 0 Å². The normalized spacial score (nSPS) is 10.1. The second kappa shape index (κ2) is 3.95. The van der Waals surface area contributed by atoms with Gasteiger partial charge in [0.25, 0.3) is 0 Å². The Kier molecular flexibility index (Phi) is 2.66. The molecule has 0 bridgehead atoms. The predicted molar refractivity (Wildman–Crippen MR) is 62.1 cm³/mol. The lowest BCUT2D eigenvalue weighted by Gasteiger charge is -2.01. The topological polar surface area (TPSA) is 15.8 Å². The van der Waals surface area contributed by atoms with E-state index in [0.717, 1.165) is 20.8 Å². The lowest BCUT2D eigenvalue weighted by atomic mass is 10.1. The van der Waals surface area contributed by atoms with Crippen LogP contribution >= 0.6 is 23.8 Å². The van der Waals surface area contributed by atoms with Crippen molar-refractivity contribution in [2.45, 2.75) is 0 Å². The number of halogens is 1. The lowest BCUT2D eigenvalue weighted by molar-refractivity contribution is 1.32. The number of aromatic amines is 1. The molecule has 70 valence electrons. The summed E-state index contributed by atoms with van der Waals surface area (Å²) >= 11 is 11.0. The van der Waals surface area contributed by atoms with Gasteiger partial charge >= 0.3 is 0 Å². The van der Waals surface area contributed by atoms with E-state index in [9.17, 15) is 0 Å². The van der Waals surface area contributed by atoms with Gasteiger partial charge in [0.2, 0.25) is 0 Å². The largest absolute Gasteiger partial charge is 0.361 e. The van der Waals surface area contributed by atoms with Crippen molar-refractivity contribution in [2.24, 2.45) is 0 Å². The second-order valence-electron chi connectivity index (χ2n) is 2.95. The molecule has 3 heteroatoms. The van der Waals surface area contributed by atoms with E-state index in [2.05, 4.69) is 4.98 Å². The molecule has 2 aromatic rings. The zero-order valence-corrected chi connectivity index (χ0v) is 8.90. The summed E-state index contributed by atoms with van der Waals surface area (Å²) in [6, 6.07) is 11.4. The van der Waals surface area contributed by atoms with Gasteiger partial charge in [0.15, 0.2) is 0 Å². The maximum Gasteiger partial charge on any atom is 0.0468 e. The molecule has 1 nitrogen and oxygen atoms in total. The Morgan fingerprint density at radius 3 is 2.71 bits per heavy atom. The van der Waals surface area contributed by atoms with E-state index in [-0.39, 0.29) is 0 Å². The van der Waals surface area contributed by atoms with Crippen LogP contribution in [0.15, 0.2) is 42.6 Å². The van der Waals surface area contributed by atoms with Gasteiger partial charge in [-0.25, -0.2) is 0 Å². The zero-order chi connectivity index (χ0) is 9.97. The number of benzene rings is 1. The Balaban J connectivity index is 2.55. The van der Waals surface area contributed by atoms with Crippen LogP contribution in [0.1, 0.15) is 0 Å². The standard InChI is InChI=1S/C11H8ClNS/c12-9-3-1-2-8(6-9)11-7-10(14)4-5-13-11/h1-7H,(H,13,14). The molecule has 14 heavy (non-hydrogen) atoms. The third-order valence-corrected chi connectivity index (χ3v) is 2.40. The third kappa shape index (κ3) is 2.03. The first kappa shape index (κ1) is 9.44. The molecule has 0 atom stereocenters. The van der Waals surface area contributed by atoms with Gasteiger partial charge in [-0.15, -0.1) is 0 Å². The van der Waals surface area contributed by atoms with Gasteiger partial charge in [-0.2, -0.15) is 0 Å². The smallest absolute Gasteiger partial charge is 0.0468 e. The third-order valence-electron chi connectivity index (χ3n) is 1.91. The SMILES string of the molecule is S=c1cc[nH]c(-c2cccc(Cl)c2)c1. The summed E-state index contributed by atoms with van der Waals surface area (Å²) in [6.45, 7) is 0. The molecule has 1 aromatic carbocycles. The molecule has 1 aromatic heterocycles. The number of rotatable bonds is 1. The fourth-order valence-electron chi connectivity index (χ4n) is 1.27. The van der Waals surface area contributed by atoms with E-state index in [0.29, 0.717) is 0 Å². The zero-order valence-electron chi connectivity index (χ0n) is 7.33. The molecule has 0 spiro atoms. The number of aromatic nitrogens is 1. The maximum atomic E-state index is 5.89. The summed E-state index contributed by atoms with van der Waals surface area (Å²) in [7, 11) is 0. The highest BCUT2D eigenvalue weighted by Crippen LogP contribution is 2.20. The van der Waals surface area contributed by atoms with Crippen LogP contribution < -0.4 is 0 Å². The molecule has 0 unspecified atom stereocenters. The monoisotopic (exact) mass is 221 g/mol. The molecule has 0 aliphatic rings. The Morgan fingerprint density at radius 2 is 2.00 bits per heavy atom. The first-order valence-corrected chi connectivity index (χ1v) is 4.99. The van der Waals surface area contributed by atoms with E-state index in [4.69, 9.17) is 23.8 Å². The second-order valence-corrected chi connectivity index (χ2v) is 3.86. The van der Waals surface area contributed by atoms with Crippen LogP contribution in [0.2, 0.25) is 5.02 Å². The minimum Gasteiger partial charge on any atom is -0.361 e. The number of nitrogens with one attached hydrogen (secondary N) is 1. The minimum atomic E-state index is 0.727. The van der Waals surface area contributed by atoms with E-state index in [1.165, 1.54) is 0 Å². The van der Waals surface area contributed by atoms with Crippen molar-refractivity contribution in [2.75, 3.05) is 0 Å². The highest BCUT2D eigenvalue weighted by molar-refractivity contribution is 7.71. The molecule has 0 radical (unpaired) electrons. The van der Waals surface area contributed by atoms with Gasteiger partial charge in [0.1, 0.15) is 0 Å². The fraction of sp³-hybridized carbons (Fsp3) is 0. The molecule has 0 aliphatic heterocycles. The first-order valence-electron chi connectivity index (χ1n) is 4.20. The number of H-pyrrole nitrogens is 1. The van der Waals surface area contributed by atoms with Crippen LogP contribution in [0.4, 0.5) is 0 Å². The Labute approximate surface area is 92.4 Å². The van der Waals surface area contributed by atoms with Gasteiger partial charge in [-0.3, -0.25) is 0 Å².